The van der Waals surface area contributed by atoms with E-state index in [1.807, 2.05) is 6.07 Å². The number of nitrogens with one attached hydrogen (secondary N) is 1. The highest BCUT2D eigenvalue weighted by atomic mass is 19.1. The number of piperidine rings is 1. The van der Waals surface area contributed by atoms with Crippen LogP contribution in [0.4, 0.5) is 4.39 Å². The number of likely N-dealkylation sites (tertiary alicyclic amines) is 1. The van der Waals surface area contributed by atoms with Gasteiger partial charge in [-0.2, -0.15) is 0 Å². The smallest absolute Gasteiger partial charge is 0.125 e. The molecule has 1 N–H and O–H groups in total. The van der Waals surface area contributed by atoms with Crippen LogP contribution in [0.3, 0.4) is 0 Å². The largest absolute Gasteiger partial charge is 0.325 e. The molecule has 4 nitrogen and oxygen atoms in total. The number of nitrogens with zero attached hydrogens (tertiary/aromatic N) is 3. The molecule has 28 heavy (non-hydrogen) atoms. The SMILES string of the molecule is CCNCCc1nc2cc(F)ccc2n1C1CCN(Cc2ccccc2)CC1. The lowest BCUT2D eigenvalue weighted by Crippen LogP contribution is -2.34. The van der Waals surface area contributed by atoms with Crippen molar-refractivity contribution in [2.45, 2.75) is 38.8 Å². The van der Waals surface area contributed by atoms with Crippen LogP contribution in [-0.4, -0.2) is 40.6 Å². The summed E-state index contributed by atoms with van der Waals surface area (Å²) < 4.78 is 16.1. The summed E-state index contributed by atoms with van der Waals surface area (Å²) in [7, 11) is 0. The van der Waals surface area contributed by atoms with Gasteiger partial charge in [0.15, 0.2) is 0 Å². The van der Waals surface area contributed by atoms with Crippen LogP contribution in [0.5, 0.6) is 0 Å². The fraction of sp³-hybridized carbons (Fsp3) is 0.435. The Morgan fingerprint density at radius 2 is 1.89 bits per heavy atom. The van der Waals surface area contributed by atoms with E-state index in [0.717, 1.165) is 68.8 Å². The molecule has 0 spiro atoms. The molecule has 3 aromatic rings. The Morgan fingerprint density at radius 3 is 2.64 bits per heavy atom. The maximum Gasteiger partial charge on any atom is 0.125 e. The number of benzene rings is 2. The lowest BCUT2D eigenvalue weighted by molar-refractivity contribution is 0.180. The third-order valence-corrected chi connectivity index (χ3v) is 5.67. The van der Waals surface area contributed by atoms with Gasteiger partial charge in [0.1, 0.15) is 11.6 Å². The van der Waals surface area contributed by atoms with Crippen molar-refractivity contribution in [3.05, 3.63) is 65.7 Å². The Morgan fingerprint density at radius 1 is 1.11 bits per heavy atom. The summed E-state index contributed by atoms with van der Waals surface area (Å²) in [6, 6.07) is 16.1. The number of halogens is 1. The molecule has 0 radical (unpaired) electrons. The van der Waals surface area contributed by atoms with E-state index in [2.05, 4.69) is 52.0 Å². The second-order valence-corrected chi connectivity index (χ2v) is 7.63. The fourth-order valence-corrected chi connectivity index (χ4v) is 4.26. The molecule has 1 aliphatic rings. The molecular weight excluding hydrogens is 351 g/mol. The molecule has 0 saturated carbocycles. The zero-order valence-corrected chi connectivity index (χ0v) is 16.6. The fourth-order valence-electron chi connectivity index (χ4n) is 4.26. The van der Waals surface area contributed by atoms with E-state index < -0.39 is 0 Å². The third kappa shape index (κ3) is 4.26. The number of fused-ring (bicyclic) bond motifs is 1. The first kappa shape index (κ1) is 19.1. The molecule has 0 unspecified atom stereocenters. The van der Waals surface area contributed by atoms with Crippen LogP contribution in [0, 0.1) is 5.82 Å². The first-order valence-corrected chi connectivity index (χ1v) is 10.4. The number of likely N-dealkylation sites (N-methyl/N-ethyl adjacent to an activating group) is 1. The van der Waals surface area contributed by atoms with Gasteiger partial charge in [0.05, 0.1) is 11.0 Å². The number of hydrogen-bond acceptors (Lipinski definition) is 3. The average Bonchev–Trinajstić information content (AvgIpc) is 3.07. The van der Waals surface area contributed by atoms with Gasteiger partial charge in [-0.25, -0.2) is 9.37 Å². The van der Waals surface area contributed by atoms with Crippen molar-refractivity contribution in [2.75, 3.05) is 26.2 Å². The molecule has 0 atom stereocenters. The molecule has 1 fully saturated rings. The highest BCUT2D eigenvalue weighted by molar-refractivity contribution is 5.76. The molecule has 1 saturated heterocycles. The van der Waals surface area contributed by atoms with Gasteiger partial charge in [0, 0.05) is 44.7 Å². The molecule has 0 aliphatic carbocycles. The highest BCUT2D eigenvalue weighted by Crippen LogP contribution is 2.30. The molecular formula is C23H29FN4. The summed E-state index contributed by atoms with van der Waals surface area (Å²) in [6.07, 6.45) is 3.07. The zero-order chi connectivity index (χ0) is 19.3. The number of aromatic nitrogens is 2. The monoisotopic (exact) mass is 380 g/mol. The Kier molecular flexibility index (Phi) is 6.03. The zero-order valence-electron chi connectivity index (χ0n) is 16.6. The molecule has 1 aromatic heterocycles. The lowest BCUT2D eigenvalue weighted by atomic mass is 10.0. The first-order valence-electron chi connectivity index (χ1n) is 10.4. The Balaban J connectivity index is 1.51. The van der Waals surface area contributed by atoms with Crippen LogP contribution in [0.1, 0.15) is 37.2 Å². The Bertz CT molecular complexity index is 898. The molecule has 1 aliphatic heterocycles. The predicted octanol–water partition coefficient (Wildman–Crippen LogP) is 4.16. The summed E-state index contributed by atoms with van der Waals surface area (Å²) in [6.45, 7) is 7.12. The van der Waals surface area contributed by atoms with Gasteiger partial charge in [0.25, 0.3) is 0 Å². The second kappa shape index (κ2) is 8.84. The van der Waals surface area contributed by atoms with Gasteiger partial charge >= 0.3 is 0 Å². The number of hydrogen-bond donors (Lipinski definition) is 1. The topological polar surface area (TPSA) is 33.1 Å². The molecule has 4 rings (SSSR count). The third-order valence-electron chi connectivity index (χ3n) is 5.67. The highest BCUT2D eigenvalue weighted by Gasteiger charge is 2.24. The first-order chi connectivity index (χ1) is 13.7. The van der Waals surface area contributed by atoms with E-state index in [1.165, 1.54) is 5.56 Å². The molecule has 148 valence electrons. The number of rotatable bonds is 7. The van der Waals surface area contributed by atoms with Crippen molar-refractivity contribution in [1.29, 1.82) is 0 Å². The summed E-state index contributed by atoms with van der Waals surface area (Å²) in [4.78, 5) is 7.31. The van der Waals surface area contributed by atoms with Gasteiger partial charge in [-0.1, -0.05) is 37.3 Å². The minimum Gasteiger partial charge on any atom is -0.325 e. The van der Waals surface area contributed by atoms with Crippen LogP contribution in [-0.2, 0) is 13.0 Å². The second-order valence-electron chi connectivity index (χ2n) is 7.63. The molecule has 0 amide bonds. The van der Waals surface area contributed by atoms with Crippen LogP contribution in [0.15, 0.2) is 48.5 Å². The molecule has 0 bridgehead atoms. The standard InChI is InChI=1S/C23H29FN4/c1-2-25-13-10-23-26-21-16-19(24)8-9-22(21)28(23)20-11-14-27(15-12-20)17-18-6-4-3-5-7-18/h3-9,16,20,25H,2,10-15,17H2,1H3. The van der Waals surface area contributed by atoms with Crippen molar-refractivity contribution in [3.8, 4) is 0 Å². The van der Waals surface area contributed by atoms with E-state index in [1.54, 1.807) is 12.1 Å². The Hall–Kier alpha value is -2.24. The lowest BCUT2D eigenvalue weighted by Gasteiger charge is -2.33. The van der Waals surface area contributed by atoms with Crippen LogP contribution >= 0.6 is 0 Å². The molecule has 2 heterocycles. The maximum absolute atomic E-state index is 13.7. The normalized spacial score (nSPS) is 16.1. The minimum atomic E-state index is -0.215. The summed E-state index contributed by atoms with van der Waals surface area (Å²) in [5.41, 5.74) is 3.21. The van der Waals surface area contributed by atoms with Crippen molar-refractivity contribution < 1.29 is 4.39 Å². The average molecular weight is 381 g/mol. The van der Waals surface area contributed by atoms with E-state index >= 15 is 0 Å². The van der Waals surface area contributed by atoms with Gasteiger partial charge < -0.3 is 9.88 Å². The van der Waals surface area contributed by atoms with Gasteiger partial charge in [-0.3, -0.25) is 4.90 Å². The van der Waals surface area contributed by atoms with Gasteiger partial charge in [-0.15, -0.1) is 0 Å². The van der Waals surface area contributed by atoms with Gasteiger partial charge in [-0.05, 0) is 37.1 Å². The van der Waals surface area contributed by atoms with Crippen molar-refractivity contribution >= 4 is 11.0 Å². The quantitative estimate of drug-likeness (QED) is 0.625. The maximum atomic E-state index is 13.7. The van der Waals surface area contributed by atoms with Crippen molar-refractivity contribution in [2.24, 2.45) is 0 Å². The van der Waals surface area contributed by atoms with Crippen LogP contribution in [0.25, 0.3) is 11.0 Å². The summed E-state index contributed by atoms with van der Waals surface area (Å²) in [5, 5.41) is 3.38. The van der Waals surface area contributed by atoms with E-state index in [9.17, 15) is 4.39 Å². The van der Waals surface area contributed by atoms with Gasteiger partial charge in [0.2, 0.25) is 0 Å². The molecule has 2 aromatic carbocycles. The van der Waals surface area contributed by atoms with Crippen molar-refractivity contribution in [3.63, 3.8) is 0 Å². The van der Waals surface area contributed by atoms with E-state index in [4.69, 9.17) is 4.98 Å². The number of imidazole rings is 1. The van der Waals surface area contributed by atoms with E-state index in [-0.39, 0.29) is 5.82 Å². The molecule has 5 heteroatoms. The summed E-state index contributed by atoms with van der Waals surface area (Å²) >= 11 is 0. The van der Waals surface area contributed by atoms with Crippen LogP contribution in [0.2, 0.25) is 0 Å². The van der Waals surface area contributed by atoms with Crippen LogP contribution < -0.4 is 5.32 Å². The summed E-state index contributed by atoms with van der Waals surface area (Å²) in [5.74, 6) is 0.858. The predicted molar refractivity (Wildman–Crippen MR) is 112 cm³/mol. The Labute approximate surface area is 166 Å². The van der Waals surface area contributed by atoms with E-state index in [0.29, 0.717) is 6.04 Å². The van der Waals surface area contributed by atoms with Crippen molar-refractivity contribution in [1.82, 2.24) is 19.8 Å². The minimum absolute atomic E-state index is 0.215.